The lowest BCUT2D eigenvalue weighted by Crippen LogP contribution is -2.13. The van der Waals surface area contributed by atoms with Crippen LogP contribution in [0.4, 0.5) is 0 Å². The molecule has 0 unspecified atom stereocenters. The molecule has 0 atom stereocenters. The molecule has 0 saturated heterocycles. The van der Waals surface area contributed by atoms with E-state index in [4.69, 9.17) is 14.6 Å². The molecule has 0 radical (unpaired) electrons. The summed E-state index contributed by atoms with van der Waals surface area (Å²) in [6.07, 6.45) is 4.01. The molecule has 4 heteroatoms. The van der Waals surface area contributed by atoms with E-state index in [2.05, 4.69) is 18.3 Å². The molecule has 0 saturated carbocycles. The minimum atomic E-state index is 0.278. The number of aliphatic hydroxyl groups excluding tert-OH is 1. The summed E-state index contributed by atoms with van der Waals surface area (Å²) < 4.78 is 11.3. The highest BCUT2D eigenvalue weighted by Gasteiger charge is 2.09. The predicted molar refractivity (Wildman–Crippen MR) is 81.4 cm³/mol. The summed E-state index contributed by atoms with van der Waals surface area (Å²) in [6, 6.07) is 5.97. The highest BCUT2D eigenvalue weighted by molar-refractivity contribution is 5.46. The number of para-hydroxylation sites is 1. The molecule has 1 aromatic carbocycles. The van der Waals surface area contributed by atoms with Crippen molar-refractivity contribution in [1.29, 1.82) is 0 Å². The van der Waals surface area contributed by atoms with Gasteiger partial charge >= 0.3 is 0 Å². The Hall–Kier alpha value is -1.26. The summed E-state index contributed by atoms with van der Waals surface area (Å²) in [4.78, 5) is 0. The monoisotopic (exact) mass is 281 g/mol. The molecule has 0 fully saturated rings. The van der Waals surface area contributed by atoms with Crippen LogP contribution >= 0.6 is 0 Å². The van der Waals surface area contributed by atoms with Gasteiger partial charge in [-0.2, -0.15) is 0 Å². The van der Waals surface area contributed by atoms with Crippen molar-refractivity contribution in [2.75, 3.05) is 26.9 Å². The Morgan fingerprint density at radius 3 is 2.65 bits per heavy atom. The molecule has 1 aromatic rings. The van der Waals surface area contributed by atoms with Gasteiger partial charge in [0.1, 0.15) is 0 Å². The van der Waals surface area contributed by atoms with Gasteiger partial charge in [0, 0.05) is 18.7 Å². The first-order chi connectivity index (χ1) is 9.83. The molecule has 1 rings (SSSR count). The third kappa shape index (κ3) is 5.80. The second-order valence-corrected chi connectivity index (χ2v) is 4.72. The lowest BCUT2D eigenvalue weighted by atomic mass is 10.1. The Labute approximate surface area is 122 Å². The largest absolute Gasteiger partial charge is 0.493 e. The second-order valence-electron chi connectivity index (χ2n) is 4.72. The molecule has 4 nitrogen and oxygen atoms in total. The van der Waals surface area contributed by atoms with Crippen LogP contribution in [0.2, 0.25) is 0 Å². The molecule has 0 heterocycles. The number of aliphatic hydroxyl groups is 1. The fourth-order valence-corrected chi connectivity index (χ4v) is 2.03. The SMILES string of the molecule is CCNCc1cccc(OC)c1OCCCCCCO. The van der Waals surface area contributed by atoms with Crippen LogP contribution < -0.4 is 14.8 Å². The Morgan fingerprint density at radius 1 is 1.15 bits per heavy atom. The first-order valence-corrected chi connectivity index (χ1v) is 7.43. The highest BCUT2D eigenvalue weighted by atomic mass is 16.5. The molecule has 0 amide bonds. The minimum absolute atomic E-state index is 0.278. The third-order valence-electron chi connectivity index (χ3n) is 3.14. The fraction of sp³-hybridized carbons (Fsp3) is 0.625. The normalized spacial score (nSPS) is 10.6. The molecule has 0 spiro atoms. The molecule has 0 aliphatic rings. The van der Waals surface area contributed by atoms with Crippen LogP contribution in [0.15, 0.2) is 18.2 Å². The number of nitrogens with one attached hydrogen (secondary N) is 1. The van der Waals surface area contributed by atoms with E-state index in [9.17, 15) is 0 Å². The van der Waals surface area contributed by atoms with Crippen molar-refractivity contribution in [3.05, 3.63) is 23.8 Å². The van der Waals surface area contributed by atoms with Crippen molar-refractivity contribution in [3.63, 3.8) is 0 Å². The molecular weight excluding hydrogens is 254 g/mol. The van der Waals surface area contributed by atoms with Crippen LogP contribution in [0.3, 0.4) is 0 Å². The van der Waals surface area contributed by atoms with Gasteiger partial charge < -0.3 is 19.9 Å². The number of hydrogen-bond donors (Lipinski definition) is 2. The van der Waals surface area contributed by atoms with E-state index >= 15 is 0 Å². The lowest BCUT2D eigenvalue weighted by Gasteiger charge is -2.15. The van der Waals surface area contributed by atoms with E-state index in [1.807, 2.05) is 12.1 Å². The Balaban J connectivity index is 2.52. The van der Waals surface area contributed by atoms with Crippen molar-refractivity contribution in [1.82, 2.24) is 5.32 Å². The maximum Gasteiger partial charge on any atom is 0.165 e. The Morgan fingerprint density at radius 2 is 1.95 bits per heavy atom. The van der Waals surface area contributed by atoms with Crippen molar-refractivity contribution in [3.8, 4) is 11.5 Å². The summed E-state index contributed by atoms with van der Waals surface area (Å²) in [7, 11) is 1.67. The van der Waals surface area contributed by atoms with Crippen LogP contribution in [0.5, 0.6) is 11.5 Å². The zero-order valence-corrected chi connectivity index (χ0v) is 12.7. The van der Waals surface area contributed by atoms with Gasteiger partial charge in [-0.05, 0) is 31.9 Å². The molecule has 0 aliphatic carbocycles. The quantitative estimate of drug-likeness (QED) is 0.612. The van der Waals surface area contributed by atoms with Gasteiger partial charge in [-0.3, -0.25) is 0 Å². The second kappa shape index (κ2) is 10.5. The third-order valence-corrected chi connectivity index (χ3v) is 3.14. The maximum atomic E-state index is 8.73. The standard InChI is InChI=1S/C16H27NO3/c1-3-17-13-14-9-8-10-15(19-2)16(14)20-12-7-5-4-6-11-18/h8-10,17-18H,3-7,11-13H2,1-2H3. The summed E-state index contributed by atoms with van der Waals surface area (Å²) in [5.41, 5.74) is 1.13. The summed E-state index contributed by atoms with van der Waals surface area (Å²) >= 11 is 0. The first kappa shape index (κ1) is 16.8. The molecule has 0 bridgehead atoms. The molecular formula is C16H27NO3. The first-order valence-electron chi connectivity index (χ1n) is 7.43. The summed E-state index contributed by atoms with van der Waals surface area (Å²) in [6.45, 7) is 4.76. The number of benzene rings is 1. The van der Waals surface area contributed by atoms with Gasteiger partial charge in [0.15, 0.2) is 11.5 Å². The molecule has 20 heavy (non-hydrogen) atoms. The van der Waals surface area contributed by atoms with Crippen LogP contribution in [0.25, 0.3) is 0 Å². The fourth-order valence-electron chi connectivity index (χ4n) is 2.03. The van der Waals surface area contributed by atoms with E-state index in [0.717, 1.165) is 55.8 Å². The average Bonchev–Trinajstić information content (AvgIpc) is 2.49. The molecule has 0 aliphatic heterocycles. The van der Waals surface area contributed by atoms with E-state index in [-0.39, 0.29) is 6.61 Å². The average molecular weight is 281 g/mol. The number of methoxy groups -OCH3 is 1. The van der Waals surface area contributed by atoms with Gasteiger partial charge in [-0.1, -0.05) is 25.5 Å². The Kier molecular flexibility index (Phi) is 8.83. The zero-order chi connectivity index (χ0) is 14.6. The van der Waals surface area contributed by atoms with Crippen molar-refractivity contribution >= 4 is 0 Å². The topological polar surface area (TPSA) is 50.7 Å². The van der Waals surface area contributed by atoms with Crippen molar-refractivity contribution < 1.29 is 14.6 Å². The Bertz CT molecular complexity index is 369. The number of ether oxygens (including phenoxy) is 2. The van der Waals surface area contributed by atoms with Crippen LogP contribution in [0.1, 0.15) is 38.2 Å². The van der Waals surface area contributed by atoms with Crippen molar-refractivity contribution in [2.24, 2.45) is 0 Å². The van der Waals surface area contributed by atoms with Crippen LogP contribution in [-0.4, -0.2) is 32.0 Å². The molecule has 0 aromatic heterocycles. The summed E-state index contributed by atoms with van der Waals surface area (Å²) in [5.74, 6) is 1.63. The smallest absolute Gasteiger partial charge is 0.165 e. The minimum Gasteiger partial charge on any atom is -0.493 e. The van der Waals surface area contributed by atoms with E-state index in [1.54, 1.807) is 7.11 Å². The lowest BCUT2D eigenvalue weighted by molar-refractivity contribution is 0.267. The van der Waals surface area contributed by atoms with Crippen molar-refractivity contribution in [2.45, 2.75) is 39.2 Å². The maximum absolute atomic E-state index is 8.73. The number of hydrogen-bond acceptors (Lipinski definition) is 4. The van der Waals surface area contributed by atoms with E-state index in [1.165, 1.54) is 0 Å². The van der Waals surface area contributed by atoms with Crippen LogP contribution in [0, 0.1) is 0 Å². The van der Waals surface area contributed by atoms with Gasteiger partial charge in [-0.15, -0.1) is 0 Å². The summed E-state index contributed by atoms with van der Waals surface area (Å²) in [5, 5.41) is 12.0. The predicted octanol–water partition coefficient (Wildman–Crippen LogP) is 2.74. The molecule has 114 valence electrons. The van der Waals surface area contributed by atoms with Crippen LogP contribution in [-0.2, 0) is 6.54 Å². The number of rotatable bonds is 11. The van der Waals surface area contributed by atoms with Gasteiger partial charge in [0.2, 0.25) is 0 Å². The van der Waals surface area contributed by atoms with Gasteiger partial charge in [-0.25, -0.2) is 0 Å². The zero-order valence-electron chi connectivity index (χ0n) is 12.7. The van der Waals surface area contributed by atoms with Gasteiger partial charge in [0.25, 0.3) is 0 Å². The highest BCUT2D eigenvalue weighted by Crippen LogP contribution is 2.31. The van der Waals surface area contributed by atoms with E-state index in [0.29, 0.717) is 6.61 Å². The number of unbranched alkanes of at least 4 members (excludes halogenated alkanes) is 3. The van der Waals surface area contributed by atoms with E-state index < -0.39 is 0 Å². The molecule has 2 N–H and O–H groups in total. The van der Waals surface area contributed by atoms with Gasteiger partial charge in [0.05, 0.1) is 13.7 Å².